The molecule has 1 amide bonds. The lowest BCUT2D eigenvalue weighted by Crippen LogP contribution is -2.47. The molecule has 42 heavy (non-hydrogen) atoms. The van der Waals surface area contributed by atoms with E-state index in [-0.39, 0.29) is 52.5 Å². The van der Waals surface area contributed by atoms with Gasteiger partial charge in [-0.2, -0.15) is 0 Å². The molecular weight excluding hydrogens is 622 g/mol. The molecule has 0 radical (unpaired) electrons. The van der Waals surface area contributed by atoms with E-state index < -0.39 is 65.8 Å². The summed E-state index contributed by atoms with van der Waals surface area (Å²) in [5.74, 6) is -2.80. The topological polar surface area (TPSA) is 164 Å². The Hall–Kier alpha value is -2.84. The molecule has 0 spiro atoms. The molecule has 1 aromatic carbocycles. The van der Waals surface area contributed by atoms with Crippen molar-refractivity contribution in [3.05, 3.63) is 54.8 Å². The molecule has 0 aliphatic carbocycles. The van der Waals surface area contributed by atoms with Crippen LogP contribution in [0.5, 0.6) is 11.5 Å². The van der Waals surface area contributed by atoms with Gasteiger partial charge in [-0.15, -0.1) is 12.4 Å². The van der Waals surface area contributed by atoms with Gasteiger partial charge in [-0.05, 0) is 25.3 Å². The van der Waals surface area contributed by atoms with E-state index in [1.807, 2.05) is 0 Å². The smallest absolute Gasteiger partial charge is 0.330 e. The van der Waals surface area contributed by atoms with Gasteiger partial charge in [0.2, 0.25) is 0 Å². The van der Waals surface area contributed by atoms with Gasteiger partial charge in [-0.1, -0.05) is 44.0 Å². The van der Waals surface area contributed by atoms with E-state index in [1.165, 1.54) is 40.0 Å². The van der Waals surface area contributed by atoms with Crippen molar-refractivity contribution in [3.8, 4) is 11.5 Å². The Labute approximate surface area is 258 Å². The normalized spacial score (nSPS) is 21.9. The molecule has 4 N–H and O–H groups in total. The van der Waals surface area contributed by atoms with Crippen LogP contribution in [0.3, 0.4) is 0 Å². The van der Waals surface area contributed by atoms with Gasteiger partial charge in [0.15, 0.2) is 24.6 Å². The second-order valence-corrected chi connectivity index (χ2v) is 10.4. The number of alkyl halides is 1. The predicted octanol–water partition coefficient (Wildman–Crippen LogP) is 2.55. The fourth-order valence-corrected chi connectivity index (χ4v) is 4.49. The third-order valence-electron chi connectivity index (χ3n) is 6.45. The van der Waals surface area contributed by atoms with Crippen molar-refractivity contribution in [2.75, 3.05) is 13.7 Å². The monoisotopic (exact) mass is 655 g/mol. The Bertz CT molecular complexity index is 1440. The van der Waals surface area contributed by atoms with Gasteiger partial charge in [-0.25, -0.2) is 9.18 Å². The summed E-state index contributed by atoms with van der Waals surface area (Å²) < 4.78 is 46.6. The second-order valence-electron chi connectivity index (χ2n) is 9.56. The van der Waals surface area contributed by atoms with Gasteiger partial charge in [0, 0.05) is 25.7 Å². The highest BCUT2D eigenvalue weighted by Gasteiger charge is 2.49. The summed E-state index contributed by atoms with van der Waals surface area (Å²) in [6.45, 7) is 5.49. The zero-order chi connectivity index (χ0) is 31.5. The van der Waals surface area contributed by atoms with Gasteiger partial charge < -0.3 is 30.0 Å². The van der Waals surface area contributed by atoms with Crippen molar-refractivity contribution in [3.63, 3.8) is 0 Å². The molecule has 1 aromatic heterocycles. The Morgan fingerprint density at radius 3 is 2.48 bits per heavy atom. The van der Waals surface area contributed by atoms with E-state index in [4.69, 9.17) is 49.3 Å². The van der Waals surface area contributed by atoms with Gasteiger partial charge in [-0.3, -0.25) is 23.9 Å². The van der Waals surface area contributed by atoms with Gasteiger partial charge in [0.25, 0.3) is 11.5 Å². The number of carbonyl (C=O) groups excluding carboxylic acids is 2. The van der Waals surface area contributed by atoms with Crippen LogP contribution in [0.15, 0.2) is 27.9 Å². The number of methoxy groups -OCH3 is 1. The maximum absolute atomic E-state index is 15.8. The molecule has 1 aliphatic rings. The van der Waals surface area contributed by atoms with E-state index in [2.05, 4.69) is 10.3 Å². The first-order chi connectivity index (χ1) is 19.6. The summed E-state index contributed by atoms with van der Waals surface area (Å²) >= 11 is 12.2. The number of hydrogen-bond acceptors (Lipinski definition) is 9. The van der Waals surface area contributed by atoms with Crippen molar-refractivity contribution in [2.24, 2.45) is 11.6 Å². The quantitative estimate of drug-likeness (QED) is 0.309. The van der Waals surface area contributed by atoms with Crippen molar-refractivity contribution < 1.29 is 34.3 Å². The predicted molar refractivity (Wildman–Crippen MR) is 156 cm³/mol. The summed E-state index contributed by atoms with van der Waals surface area (Å²) in [6.07, 6.45) is -6.37. The molecule has 234 valence electrons. The maximum atomic E-state index is 15.8. The number of hydrogen-bond donors (Lipinski definition) is 3. The lowest BCUT2D eigenvalue weighted by Gasteiger charge is -2.23. The Balaban J connectivity index is 0.00000645. The molecule has 0 bridgehead atoms. The number of ether oxygens (including phenoxy) is 4. The molecule has 2 heterocycles. The van der Waals surface area contributed by atoms with E-state index in [0.29, 0.717) is 0 Å². The summed E-state index contributed by atoms with van der Waals surface area (Å²) in [6, 6.07) is 1.36. The van der Waals surface area contributed by atoms with E-state index in [0.717, 1.165) is 10.8 Å². The molecule has 1 saturated heterocycles. The molecule has 3 rings (SSSR count). The van der Waals surface area contributed by atoms with Crippen molar-refractivity contribution >= 4 is 47.5 Å². The van der Waals surface area contributed by atoms with Crippen molar-refractivity contribution in [1.82, 2.24) is 14.9 Å². The molecule has 1 fully saturated rings. The fraction of sp³-hybridized carbons (Fsp3) is 0.538. The third kappa shape index (κ3) is 7.95. The Morgan fingerprint density at radius 2 is 1.88 bits per heavy atom. The van der Waals surface area contributed by atoms with Crippen LogP contribution in [0.25, 0.3) is 0 Å². The van der Waals surface area contributed by atoms with Gasteiger partial charge in [0.05, 0.1) is 17.2 Å². The number of carbonyl (C=O) groups is 2. The number of nitrogens with two attached hydrogens (primary N) is 1. The first-order valence-electron chi connectivity index (χ1n) is 13.2. The number of aryl methyl sites for hydroxylation is 1. The average molecular weight is 657 g/mol. The highest BCUT2D eigenvalue weighted by molar-refractivity contribution is 6.36. The molecule has 0 saturated carbocycles. The van der Waals surface area contributed by atoms with Crippen LogP contribution in [0.2, 0.25) is 10.0 Å². The number of halogens is 4. The number of rotatable bonds is 11. The summed E-state index contributed by atoms with van der Waals surface area (Å²) in [5, 5.41) is 2.91. The number of esters is 1. The number of aromatic nitrogens is 2. The van der Waals surface area contributed by atoms with Crippen LogP contribution >= 0.6 is 35.6 Å². The van der Waals surface area contributed by atoms with Crippen LogP contribution < -0.4 is 31.8 Å². The second kappa shape index (κ2) is 15.1. The Kier molecular flexibility index (Phi) is 12.1. The maximum Gasteiger partial charge on any atom is 0.330 e. The molecule has 6 atom stereocenters. The van der Waals surface area contributed by atoms with Crippen molar-refractivity contribution in [2.45, 2.75) is 70.9 Å². The zero-order valence-electron chi connectivity index (χ0n) is 24.4. The van der Waals surface area contributed by atoms with Crippen LogP contribution in [-0.2, 0) is 25.5 Å². The van der Waals surface area contributed by atoms with Crippen LogP contribution in [0, 0.1) is 5.89 Å². The van der Waals surface area contributed by atoms with E-state index in [1.54, 1.807) is 6.92 Å². The number of nitrogens with zero attached hydrogens (tertiary/aromatic N) is 1. The first kappa shape index (κ1) is 33.7. The summed E-state index contributed by atoms with van der Waals surface area (Å²) in [5.41, 5.74) is 4.45. The largest absolute Gasteiger partial charge is 0.495 e. The minimum absolute atomic E-state index is 0. The molecule has 12 nitrogen and oxygen atoms in total. The number of H-pyrrole nitrogens is 1. The van der Waals surface area contributed by atoms with Crippen LogP contribution in [0.1, 0.15) is 40.9 Å². The minimum atomic E-state index is -2.11. The number of nitrogens with one attached hydrogen (secondary N) is 2. The number of benzene rings is 1. The number of amides is 1. The van der Waals surface area contributed by atoms with Crippen molar-refractivity contribution in [1.29, 1.82) is 0 Å². The van der Waals surface area contributed by atoms with Crippen LogP contribution in [0.4, 0.5) is 4.39 Å². The number of aromatic amines is 1. The standard InChI is InChI=1S/C26H33Cl2FN4O8.ClH/c1-6-13-10-33(26(37)32-23(13)35)24-19(29)21(41-25(36)20(30)11(2)3)18(40-24)9-31-22(34)12(4)39-17-8-16(38-5)14(27)7-15(17)28;/h7-8,10-12,18-21,24H,6,9,30H2,1-5H3,(H,31,34)(H,32,35,37);1H/t12-,18+,19-,20+,21+,24?;/m0./s1/i11D;. The minimum Gasteiger partial charge on any atom is -0.495 e. The third-order valence-corrected chi connectivity index (χ3v) is 7.04. The summed E-state index contributed by atoms with van der Waals surface area (Å²) in [4.78, 5) is 52.2. The van der Waals surface area contributed by atoms with Gasteiger partial charge >= 0.3 is 11.7 Å². The van der Waals surface area contributed by atoms with E-state index in [9.17, 15) is 19.2 Å². The molecule has 1 aliphatic heterocycles. The molecule has 16 heteroatoms. The fourth-order valence-electron chi connectivity index (χ4n) is 3.98. The van der Waals surface area contributed by atoms with Gasteiger partial charge in [0.1, 0.15) is 23.6 Å². The van der Waals surface area contributed by atoms with Crippen LogP contribution in [-0.4, -0.2) is 65.6 Å². The highest BCUT2D eigenvalue weighted by Crippen LogP contribution is 2.36. The lowest BCUT2D eigenvalue weighted by molar-refractivity contribution is -0.156. The zero-order valence-corrected chi connectivity index (χ0v) is 25.8. The average Bonchev–Trinajstić information content (AvgIpc) is 3.22. The lowest BCUT2D eigenvalue weighted by atomic mass is 10.1. The Morgan fingerprint density at radius 1 is 1.24 bits per heavy atom. The highest BCUT2D eigenvalue weighted by atomic mass is 35.5. The molecule has 1 unspecified atom stereocenters. The first-order valence-corrected chi connectivity index (χ1v) is 13.4. The summed E-state index contributed by atoms with van der Waals surface area (Å²) in [7, 11) is 1.40. The van der Waals surface area contributed by atoms with E-state index >= 15 is 4.39 Å². The molecule has 2 aromatic rings. The molecular formula is C26H34Cl3FN4O8. The SMILES string of the molecule is Cl.[2H]C(C)(C)[C@@H](N)C(=O)O[C@H]1[C@H](F)C(n2cc(CC)c(=O)[nH]c2=O)O[C@@H]1CNC(=O)[C@H](C)Oc1cc(OC)c(Cl)cc1Cl.